The molecular formula is C19H21N3O6S. The summed E-state index contributed by atoms with van der Waals surface area (Å²) in [6.45, 7) is 1.65. The second kappa shape index (κ2) is 8.41. The number of aromatic amines is 2. The van der Waals surface area contributed by atoms with E-state index in [0.717, 1.165) is 4.31 Å². The Morgan fingerprint density at radius 3 is 2.00 bits per heavy atom. The first-order valence-electron chi connectivity index (χ1n) is 8.75. The minimum atomic E-state index is -3.84. The van der Waals surface area contributed by atoms with Crippen LogP contribution in [-0.4, -0.2) is 41.5 Å². The molecule has 0 radical (unpaired) electrons. The third-order valence-corrected chi connectivity index (χ3v) is 6.16. The van der Waals surface area contributed by atoms with Crippen LogP contribution in [-0.2, 0) is 16.6 Å². The molecule has 29 heavy (non-hydrogen) atoms. The Hall–Kier alpha value is -3.24. The van der Waals surface area contributed by atoms with E-state index in [1.807, 2.05) is 0 Å². The first-order chi connectivity index (χ1) is 13.8. The van der Waals surface area contributed by atoms with Crippen LogP contribution in [0.2, 0.25) is 0 Å². The Morgan fingerprint density at radius 2 is 1.52 bits per heavy atom. The SMILES string of the molecule is CCN(Cc1[nH]c(=O)[nH]c1O)S(=O)(=O)c1ccc(Oc2ccc(OC)cc2)cc1. The molecule has 0 fully saturated rings. The first kappa shape index (κ1) is 20.5. The number of aromatic nitrogens is 2. The highest BCUT2D eigenvalue weighted by molar-refractivity contribution is 7.89. The van der Waals surface area contributed by atoms with Crippen molar-refractivity contribution in [2.24, 2.45) is 0 Å². The normalized spacial score (nSPS) is 11.6. The number of imidazole rings is 1. The Balaban J connectivity index is 1.77. The summed E-state index contributed by atoms with van der Waals surface area (Å²) in [6.07, 6.45) is 0. The lowest BCUT2D eigenvalue weighted by molar-refractivity contribution is 0.398. The van der Waals surface area contributed by atoms with E-state index < -0.39 is 15.7 Å². The molecule has 154 valence electrons. The first-order valence-corrected chi connectivity index (χ1v) is 10.2. The highest BCUT2D eigenvalue weighted by Crippen LogP contribution is 2.26. The number of hydrogen-bond donors (Lipinski definition) is 3. The molecule has 1 aromatic heterocycles. The molecule has 3 rings (SSSR count). The lowest BCUT2D eigenvalue weighted by Gasteiger charge is -2.20. The largest absolute Gasteiger partial charge is 0.497 e. The zero-order chi connectivity index (χ0) is 21.0. The fraction of sp³-hybridized carbons (Fsp3) is 0.211. The molecule has 2 aromatic carbocycles. The molecule has 3 aromatic rings. The maximum atomic E-state index is 12.9. The molecule has 0 bridgehead atoms. The van der Waals surface area contributed by atoms with Gasteiger partial charge in [0, 0.05) is 6.54 Å². The van der Waals surface area contributed by atoms with Gasteiger partial charge in [0.25, 0.3) is 0 Å². The van der Waals surface area contributed by atoms with Gasteiger partial charge in [0.1, 0.15) is 17.2 Å². The highest BCUT2D eigenvalue weighted by Gasteiger charge is 2.25. The summed E-state index contributed by atoms with van der Waals surface area (Å²) in [6, 6.07) is 13.0. The molecule has 1 heterocycles. The van der Waals surface area contributed by atoms with Gasteiger partial charge in [-0.05, 0) is 48.5 Å². The summed E-state index contributed by atoms with van der Waals surface area (Å²) in [5.41, 5.74) is -0.508. The number of benzene rings is 2. The van der Waals surface area contributed by atoms with Crippen molar-refractivity contribution in [2.45, 2.75) is 18.4 Å². The smallest absolute Gasteiger partial charge is 0.326 e. The third kappa shape index (κ3) is 4.61. The van der Waals surface area contributed by atoms with E-state index in [9.17, 15) is 18.3 Å². The molecule has 0 spiro atoms. The molecular weight excluding hydrogens is 398 g/mol. The second-order valence-electron chi connectivity index (χ2n) is 6.09. The zero-order valence-corrected chi connectivity index (χ0v) is 16.7. The number of aromatic hydroxyl groups is 1. The van der Waals surface area contributed by atoms with E-state index in [4.69, 9.17) is 9.47 Å². The lowest BCUT2D eigenvalue weighted by atomic mass is 10.3. The summed E-state index contributed by atoms with van der Waals surface area (Å²) in [4.78, 5) is 15.9. The molecule has 0 unspecified atom stereocenters. The maximum absolute atomic E-state index is 12.9. The van der Waals surface area contributed by atoms with Crippen LogP contribution in [0.25, 0.3) is 0 Å². The molecule has 9 nitrogen and oxygen atoms in total. The van der Waals surface area contributed by atoms with Crippen LogP contribution in [0, 0.1) is 0 Å². The van der Waals surface area contributed by atoms with E-state index in [2.05, 4.69) is 9.97 Å². The van der Waals surface area contributed by atoms with E-state index in [-0.39, 0.29) is 29.6 Å². The van der Waals surface area contributed by atoms with E-state index in [1.54, 1.807) is 50.4 Å². The topological polar surface area (TPSA) is 125 Å². The number of methoxy groups -OCH3 is 1. The predicted octanol–water partition coefficient (Wildman–Crippen LogP) is 2.42. The van der Waals surface area contributed by atoms with Gasteiger partial charge in [0.2, 0.25) is 15.9 Å². The van der Waals surface area contributed by atoms with E-state index >= 15 is 0 Å². The van der Waals surface area contributed by atoms with Crippen molar-refractivity contribution >= 4 is 10.0 Å². The molecule has 0 amide bonds. The minimum Gasteiger partial charge on any atom is -0.497 e. The van der Waals surface area contributed by atoms with Gasteiger partial charge in [-0.3, -0.25) is 4.98 Å². The molecule has 0 saturated carbocycles. The lowest BCUT2D eigenvalue weighted by Crippen LogP contribution is -2.30. The van der Waals surface area contributed by atoms with Gasteiger partial charge in [-0.25, -0.2) is 13.2 Å². The number of hydrogen-bond acceptors (Lipinski definition) is 6. The van der Waals surface area contributed by atoms with Gasteiger partial charge in [-0.15, -0.1) is 0 Å². The van der Waals surface area contributed by atoms with Crippen LogP contribution < -0.4 is 15.2 Å². The summed E-state index contributed by atoms with van der Waals surface area (Å²) in [5, 5.41) is 9.69. The maximum Gasteiger partial charge on any atom is 0.326 e. The minimum absolute atomic E-state index is 0.0683. The molecule has 0 saturated heterocycles. The summed E-state index contributed by atoms with van der Waals surface area (Å²) >= 11 is 0. The average Bonchev–Trinajstić information content (AvgIpc) is 3.03. The number of sulfonamides is 1. The summed E-state index contributed by atoms with van der Waals surface area (Å²) in [7, 11) is -2.27. The van der Waals surface area contributed by atoms with Crippen molar-refractivity contribution in [3.05, 3.63) is 64.7 Å². The van der Waals surface area contributed by atoms with Gasteiger partial charge in [-0.2, -0.15) is 4.31 Å². The van der Waals surface area contributed by atoms with Crippen LogP contribution in [0.15, 0.2) is 58.2 Å². The van der Waals surface area contributed by atoms with Gasteiger partial charge in [0.05, 0.1) is 24.2 Å². The predicted molar refractivity (Wildman–Crippen MR) is 106 cm³/mol. The summed E-state index contributed by atoms with van der Waals surface area (Å²) in [5.74, 6) is 1.38. The molecule has 3 N–H and O–H groups in total. The fourth-order valence-corrected chi connectivity index (χ4v) is 4.09. The van der Waals surface area contributed by atoms with Crippen LogP contribution >= 0.6 is 0 Å². The number of H-pyrrole nitrogens is 2. The molecule has 0 aliphatic rings. The second-order valence-corrected chi connectivity index (χ2v) is 8.02. The molecule has 0 aliphatic carbocycles. The molecule has 0 atom stereocenters. The standard InChI is InChI=1S/C19H21N3O6S/c1-3-22(12-17-18(23)21-19(24)20-17)29(25,26)16-10-8-15(9-11-16)28-14-6-4-13(27-2)5-7-14/h4-11,23H,3,12H2,1-2H3,(H2,20,21,24). The van der Waals surface area contributed by atoms with Crippen molar-refractivity contribution in [1.29, 1.82) is 0 Å². The Labute approximate surface area is 167 Å². The average molecular weight is 419 g/mol. The van der Waals surface area contributed by atoms with E-state index in [1.165, 1.54) is 12.1 Å². The summed E-state index contributed by atoms with van der Waals surface area (Å²) < 4.78 is 37.8. The molecule has 10 heteroatoms. The Bertz CT molecular complexity index is 1120. The Morgan fingerprint density at radius 1 is 0.966 bits per heavy atom. The van der Waals surface area contributed by atoms with Gasteiger partial charge < -0.3 is 19.6 Å². The molecule has 0 aliphatic heterocycles. The number of nitrogens with one attached hydrogen (secondary N) is 2. The Kier molecular flexibility index (Phi) is 5.95. The van der Waals surface area contributed by atoms with Gasteiger partial charge in [-0.1, -0.05) is 6.92 Å². The van der Waals surface area contributed by atoms with Crippen molar-refractivity contribution in [1.82, 2.24) is 14.3 Å². The number of ether oxygens (including phenoxy) is 2. The van der Waals surface area contributed by atoms with Crippen LogP contribution in [0.1, 0.15) is 12.6 Å². The van der Waals surface area contributed by atoms with Crippen LogP contribution in [0.4, 0.5) is 0 Å². The van der Waals surface area contributed by atoms with Crippen molar-refractivity contribution in [3.63, 3.8) is 0 Å². The van der Waals surface area contributed by atoms with Crippen molar-refractivity contribution in [3.8, 4) is 23.1 Å². The van der Waals surface area contributed by atoms with Crippen LogP contribution in [0.3, 0.4) is 0 Å². The quantitative estimate of drug-likeness (QED) is 0.515. The van der Waals surface area contributed by atoms with Crippen LogP contribution in [0.5, 0.6) is 23.1 Å². The third-order valence-electron chi connectivity index (χ3n) is 4.23. The van der Waals surface area contributed by atoms with Gasteiger partial charge in [0.15, 0.2) is 0 Å². The van der Waals surface area contributed by atoms with Gasteiger partial charge >= 0.3 is 5.69 Å². The monoisotopic (exact) mass is 419 g/mol. The highest BCUT2D eigenvalue weighted by atomic mass is 32.2. The number of rotatable bonds is 8. The fourth-order valence-electron chi connectivity index (χ4n) is 2.68. The number of nitrogens with zero attached hydrogens (tertiary/aromatic N) is 1. The van der Waals surface area contributed by atoms with Crippen molar-refractivity contribution in [2.75, 3.05) is 13.7 Å². The zero-order valence-electron chi connectivity index (χ0n) is 15.9. The van der Waals surface area contributed by atoms with E-state index in [0.29, 0.717) is 17.2 Å². The van der Waals surface area contributed by atoms with Crippen molar-refractivity contribution < 1.29 is 23.0 Å².